The highest BCUT2D eigenvalue weighted by Gasteiger charge is 2.28. The van der Waals surface area contributed by atoms with Gasteiger partial charge in [-0.3, -0.25) is 40.4 Å². The standard InChI is InChI=1S/C25H20N4O10/c1-36-18-9-12(7-14-20(30)26-24(34)27-21(14)31)3-5-16(18)38-11-39-17-6-4-13(10-19(17)37-2)8-15-22(32)28-25(35)29-23(15)33/h3-10H,11H2,1-2H3,(H2,26,27,30,31,34)(H2,28,29,32,33,35). The second-order valence-electron chi connectivity index (χ2n) is 7.82. The molecule has 8 amide bonds. The number of barbiturate groups is 2. The number of carbonyl (C=O) groups is 6. The van der Waals surface area contributed by atoms with Crippen molar-refractivity contribution in [1.82, 2.24) is 21.3 Å². The van der Waals surface area contributed by atoms with E-state index in [-0.39, 0.29) is 40.9 Å². The van der Waals surface area contributed by atoms with E-state index in [4.69, 9.17) is 18.9 Å². The van der Waals surface area contributed by atoms with Crippen molar-refractivity contribution < 1.29 is 47.7 Å². The van der Waals surface area contributed by atoms with Gasteiger partial charge in [0.1, 0.15) is 11.1 Å². The quantitative estimate of drug-likeness (QED) is 0.212. The van der Waals surface area contributed by atoms with E-state index in [9.17, 15) is 28.8 Å². The average Bonchev–Trinajstić information content (AvgIpc) is 2.89. The molecule has 4 N–H and O–H groups in total. The first-order valence-electron chi connectivity index (χ1n) is 11.1. The Morgan fingerprint density at radius 1 is 0.564 bits per heavy atom. The number of amides is 8. The third-order valence-corrected chi connectivity index (χ3v) is 5.31. The molecular formula is C25H20N4O10. The van der Waals surface area contributed by atoms with Gasteiger partial charge in [0, 0.05) is 0 Å². The molecular weight excluding hydrogens is 516 g/mol. The van der Waals surface area contributed by atoms with Crippen LogP contribution in [-0.4, -0.2) is 56.7 Å². The summed E-state index contributed by atoms with van der Waals surface area (Å²) >= 11 is 0. The van der Waals surface area contributed by atoms with Gasteiger partial charge in [-0.2, -0.15) is 0 Å². The van der Waals surface area contributed by atoms with Gasteiger partial charge in [-0.25, -0.2) is 9.59 Å². The molecule has 14 heteroatoms. The lowest BCUT2D eigenvalue weighted by molar-refractivity contribution is -0.125. The van der Waals surface area contributed by atoms with Crippen LogP contribution in [0.1, 0.15) is 11.1 Å². The Kier molecular flexibility index (Phi) is 7.56. The Labute approximate surface area is 219 Å². The van der Waals surface area contributed by atoms with Gasteiger partial charge in [0.15, 0.2) is 23.0 Å². The number of hydrogen-bond donors (Lipinski definition) is 4. The fourth-order valence-electron chi connectivity index (χ4n) is 3.49. The first-order chi connectivity index (χ1) is 18.7. The summed E-state index contributed by atoms with van der Waals surface area (Å²) in [7, 11) is 2.80. The van der Waals surface area contributed by atoms with E-state index < -0.39 is 35.7 Å². The van der Waals surface area contributed by atoms with Crippen molar-refractivity contribution in [2.75, 3.05) is 21.0 Å². The molecule has 0 unspecified atom stereocenters. The first kappa shape index (κ1) is 26.4. The maximum atomic E-state index is 11.9. The van der Waals surface area contributed by atoms with Gasteiger partial charge in [-0.1, -0.05) is 12.1 Å². The number of ether oxygens (including phenoxy) is 4. The number of methoxy groups -OCH3 is 2. The van der Waals surface area contributed by atoms with E-state index in [1.165, 1.54) is 50.6 Å². The Morgan fingerprint density at radius 2 is 0.923 bits per heavy atom. The smallest absolute Gasteiger partial charge is 0.328 e. The molecule has 0 saturated carbocycles. The van der Waals surface area contributed by atoms with E-state index >= 15 is 0 Å². The lowest BCUT2D eigenvalue weighted by Gasteiger charge is -2.16. The summed E-state index contributed by atoms with van der Waals surface area (Å²) in [5.41, 5.74) is 0.368. The molecule has 2 aliphatic rings. The first-order valence-corrected chi connectivity index (χ1v) is 11.1. The Bertz CT molecular complexity index is 1320. The zero-order chi connectivity index (χ0) is 28.1. The molecule has 0 aromatic heterocycles. The molecule has 0 aliphatic carbocycles. The molecule has 2 fully saturated rings. The minimum Gasteiger partial charge on any atom is -0.493 e. The summed E-state index contributed by atoms with van der Waals surface area (Å²) in [5.74, 6) is -2.18. The maximum absolute atomic E-state index is 11.9. The Hall–Kier alpha value is -5.66. The van der Waals surface area contributed by atoms with E-state index in [0.29, 0.717) is 11.1 Å². The highest BCUT2D eigenvalue weighted by atomic mass is 16.7. The van der Waals surface area contributed by atoms with Gasteiger partial charge in [-0.05, 0) is 47.5 Å². The average molecular weight is 536 g/mol. The van der Waals surface area contributed by atoms with Crippen molar-refractivity contribution >= 4 is 47.8 Å². The molecule has 4 rings (SSSR count). The van der Waals surface area contributed by atoms with Crippen LogP contribution < -0.4 is 40.2 Å². The van der Waals surface area contributed by atoms with Crippen LogP contribution in [0.25, 0.3) is 12.2 Å². The zero-order valence-electron chi connectivity index (χ0n) is 20.4. The largest absolute Gasteiger partial charge is 0.493 e. The van der Waals surface area contributed by atoms with Crippen LogP contribution in [0.3, 0.4) is 0 Å². The van der Waals surface area contributed by atoms with Crippen molar-refractivity contribution in [3.8, 4) is 23.0 Å². The molecule has 0 radical (unpaired) electrons. The van der Waals surface area contributed by atoms with Crippen LogP contribution in [0.5, 0.6) is 23.0 Å². The lowest BCUT2D eigenvalue weighted by Crippen LogP contribution is -2.51. The molecule has 200 valence electrons. The number of benzene rings is 2. The van der Waals surface area contributed by atoms with Gasteiger partial charge < -0.3 is 18.9 Å². The number of nitrogens with one attached hydrogen (secondary N) is 4. The van der Waals surface area contributed by atoms with Crippen molar-refractivity contribution in [2.45, 2.75) is 0 Å². The molecule has 0 bridgehead atoms. The number of hydrogen-bond acceptors (Lipinski definition) is 10. The summed E-state index contributed by atoms with van der Waals surface area (Å²) in [6.45, 7) is -0.270. The van der Waals surface area contributed by atoms with Crippen LogP contribution in [0.15, 0.2) is 47.5 Å². The number of carbonyl (C=O) groups excluding carboxylic acids is 6. The highest BCUT2D eigenvalue weighted by molar-refractivity contribution is 6.31. The normalized spacial score (nSPS) is 15.0. The minimum atomic E-state index is -0.895. The second kappa shape index (κ2) is 11.2. The van der Waals surface area contributed by atoms with Crippen molar-refractivity contribution in [2.24, 2.45) is 0 Å². The molecule has 39 heavy (non-hydrogen) atoms. The second-order valence-corrected chi connectivity index (χ2v) is 7.82. The fourth-order valence-corrected chi connectivity index (χ4v) is 3.49. The molecule has 2 aromatic carbocycles. The van der Waals surface area contributed by atoms with E-state index in [0.717, 1.165) is 0 Å². The fraction of sp³-hybridized carbons (Fsp3) is 0.120. The number of imide groups is 4. The van der Waals surface area contributed by atoms with Crippen LogP contribution in [0, 0.1) is 0 Å². The Balaban J connectivity index is 1.44. The summed E-state index contributed by atoms with van der Waals surface area (Å²) < 4.78 is 21.9. The molecule has 0 atom stereocenters. The van der Waals surface area contributed by atoms with Gasteiger partial charge in [0.2, 0.25) is 6.79 Å². The molecule has 0 spiro atoms. The highest BCUT2D eigenvalue weighted by Crippen LogP contribution is 2.31. The van der Waals surface area contributed by atoms with Crippen molar-refractivity contribution in [3.05, 3.63) is 58.7 Å². The van der Waals surface area contributed by atoms with Crippen LogP contribution >= 0.6 is 0 Å². The Morgan fingerprint density at radius 3 is 1.26 bits per heavy atom. The minimum absolute atomic E-state index is 0.252. The third-order valence-electron chi connectivity index (χ3n) is 5.31. The van der Waals surface area contributed by atoms with Crippen LogP contribution in [0.2, 0.25) is 0 Å². The zero-order valence-corrected chi connectivity index (χ0v) is 20.4. The van der Waals surface area contributed by atoms with Crippen molar-refractivity contribution in [3.63, 3.8) is 0 Å². The molecule has 14 nitrogen and oxygen atoms in total. The van der Waals surface area contributed by atoms with E-state index in [1.54, 1.807) is 12.1 Å². The SMILES string of the molecule is COc1cc(C=C2C(=O)NC(=O)NC2=O)ccc1OCOc1ccc(C=C2C(=O)NC(=O)NC2=O)cc1OC. The predicted molar refractivity (Wildman–Crippen MR) is 131 cm³/mol. The van der Waals surface area contributed by atoms with Gasteiger partial charge >= 0.3 is 12.1 Å². The van der Waals surface area contributed by atoms with E-state index in [1.807, 2.05) is 21.3 Å². The summed E-state index contributed by atoms with van der Waals surface area (Å²) in [4.78, 5) is 70.2. The summed E-state index contributed by atoms with van der Waals surface area (Å²) in [6, 6.07) is 7.46. The monoisotopic (exact) mass is 536 g/mol. The van der Waals surface area contributed by atoms with Gasteiger partial charge in [-0.15, -0.1) is 0 Å². The number of rotatable bonds is 8. The number of urea groups is 2. The summed E-state index contributed by atoms with van der Waals surface area (Å²) in [6.07, 6.45) is 2.58. The van der Waals surface area contributed by atoms with Crippen LogP contribution in [0.4, 0.5) is 9.59 Å². The third kappa shape index (κ3) is 6.02. The molecule has 2 aliphatic heterocycles. The molecule has 2 saturated heterocycles. The molecule has 2 heterocycles. The van der Waals surface area contributed by atoms with Crippen molar-refractivity contribution in [1.29, 1.82) is 0 Å². The maximum Gasteiger partial charge on any atom is 0.328 e. The molecule has 2 aromatic rings. The van der Waals surface area contributed by atoms with Gasteiger partial charge in [0.25, 0.3) is 23.6 Å². The van der Waals surface area contributed by atoms with Crippen LogP contribution in [-0.2, 0) is 19.2 Å². The van der Waals surface area contributed by atoms with Gasteiger partial charge in [0.05, 0.1) is 14.2 Å². The topological polar surface area (TPSA) is 187 Å². The van der Waals surface area contributed by atoms with E-state index in [2.05, 4.69) is 0 Å². The lowest BCUT2D eigenvalue weighted by atomic mass is 10.1. The predicted octanol–water partition coefficient (Wildman–Crippen LogP) is 0.618. The summed E-state index contributed by atoms with van der Waals surface area (Å²) in [5, 5.41) is 7.96.